The molecule has 0 aromatic heterocycles. The van der Waals surface area contributed by atoms with Gasteiger partial charge in [0.25, 0.3) is 0 Å². The maximum Gasteiger partial charge on any atom is 0.326 e. The van der Waals surface area contributed by atoms with Crippen molar-refractivity contribution < 1.29 is 24.3 Å². The zero-order valence-electron chi connectivity index (χ0n) is 11.8. The Labute approximate surface area is 122 Å². The lowest BCUT2D eigenvalue weighted by Gasteiger charge is -2.17. The van der Waals surface area contributed by atoms with Gasteiger partial charge in [0.2, 0.25) is 5.91 Å². The van der Waals surface area contributed by atoms with Crippen molar-refractivity contribution in [3.63, 3.8) is 0 Å². The molecule has 20 heavy (non-hydrogen) atoms. The van der Waals surface area contributed by atoms with E-state index in [0.717, 1.165) is 18.0 Å². The molecule has 6 nitrogen and oxygen atoms in total. The Morgan fingerprint density at radius 3 is 2.45 bits per heavy atom. The summed E-state index contributed by atoms with van der Waals surface area (Å²) in [5.74, 6) is -1.26. The van der Waals surface area contributed by atoms with Crippen LogP contribution in [0.3, 0.4) is 0 Å². The molecular formula is C13H21NO5S. The van der Waals surface area contributed by atoms with Crippen molar-refractivity contribution in [1.29, 1.82) is 0 Å². The topological polar surface area (TPSA) is 101 Å². The van der Waals surface area contributed by atoms with Crippen molar-refractivity contribution >= 4 is 35.0 Å². The van der Waals surface area contributed by atoms with Crippen LogP contribution < -0.4 is 5.32 Å². The molecule has 0 radical (unpaired) electrons. The number of aldehydes is 1. The van der Waals surface area contributed by atoms with E-state index < -0.39 is 12.0 Å². The molecule has 0 saturated heterocycles. The van der Waals surface area contributed by atoms with Crippen LogP contribution in [0.5, 0.6) is 0 Å². The molecule has 0 aromatic carbocycles. The summed E-state index contributed by atoms with van der Waals surface area (Å²) < 4.78 is 0. The number of carbonyl (C=O) groups is 4. The monoisotopic (exact) mass is 303 g/mol. The maximum absolute atomic E-state index is 11.8. The van der Waals surface area contributed by atoms with Gasteiger partial charge in [0, 0.05) is 25.0 Å². The Morgan fingerprint density at radius 1 is 1.30 bits per heavy atom. The summed E-state index contributed by atoms with van der Waals surface area (Å²) in [6.07, 6.45) is 2.17. The van der Waals surface area contributed by atoms with E-state index >= 15 is 0 Å². The fourth-order valence-electron chi connectivity index (χ4n) is 1.49. The van der Waals surface area contributed by atoms with Gasteiger partial charge >= 0.3 is 5.97 Å². The summed E-state index contributed by atoms with van der Waals surface area (Å²) in [6, 6.07) is -0.967. The number of hydrogen-bond acceptors (Lipinski definition) is 5. The Kier molecular flexibility index (Phi) is 9.71. The number of hydrogen-bond donors (Lipinski definition) is 2. The molecule has 0 saturated carbocycles. The van der Waals surface area contributed by atoms with Crippen molar-refractivity contribution in [1.82, 2.24) is 5.32 Å². The van der Waals surface area contributed by atoms with Gasteiger partial charge < -0.3 is 15.2 Å². The number of aliphatic carboxylic acids is 1. The van der Waals surface area contributed by atoms with Crippen LogP contribution in [0.2, 0.25) is 0 Å². The largest absolute Gasteiger partial charge is 0.480 e. The molecule has 0 heterocycles. The molecule has 0 fully saturated rings. The zero-order valence-corrected chi connectivity index (χ0v) is 12.6. The lowest BCUT2D eigenvalue weighted by Crippen LogP contribution is -2.43. The predicted molar refractivity (Wildman–Crippen MR) is 76.4 cm³/mol. The summed E-state index contributed by atoms with van der Waals surface area (Å²) in [4.78, 5) is 43.8. The lowest BCUT2D eigenvalue weighted by atomic mass is 10.1. The first-order valence-corrected chi connectivity index (χ1v) is 7.47. The average molecular weight is 303 g/mol. The summed E-state index contributed by atoms with van der Waals surface area (Å²) in [7, 11) is 0. The highest BCUT2D eigenvalue weighted by Crippen LogP contribution is 2.11. The second-order valence-corrected chi connectivity index (χ2v) is 5.80. The molecular weight excluding hydrogens is 282 g/mol. The van der Waals surface area contributed by atoms with Crippen LogP contribution in [0.25, 0.3) is 0 Å². The maximum atomic E-state index is 11.8. The number of thioether (sulfide) groups is 1. The van der Waals surface area contributed by atoms with E-state index in [1.165, 1.54) is 6.92 Å². The summed E-state index contributed by atoms with van der Waals surface area (Å²) in [6.45, 7) is 3.16. The minimum atomic E-state index is -1.10. The van der Waals surface area contributed by atoms with Crippen molar-refractivity contribution in [2.45, 2.75) is 45.6 Å². The molecule has 2 atom stereocenters. The van der Waals surface area contributed by atoms with Crippen LogP contribution in [0.1, 0.15) is 39.5 Å². The van der Waals surface area contributed by atoms with E-state index in [1.54, 1.807) is 6.92 Å². The van der Waals surface area contributed by atoms with Gasteiger partial charge in [-0.25, -0.2) is 4.79 Å². The van der Waals surface area contributed by atoms with Gasteiger partial charge in [-0.2, -0.15) is 0 Å². The Balaban J connectivity index is 4.19. The van der Waals surface area contributed by atoms with Crippen LogP contribution in [0, 0.1) is 5.92 Å². The fraction of sp³-hybridized carbons (Fsp3) is 0.692. The smallest absolute Gasteiger partial charge is 0.326 e. The molecule has 0 rings (SSSR count). The van der Waals surface area contributed by atoms with Gasteiger partial charge in [0.15, 0.2) is 5.12 Å². The Bertz CT molecular complexity index is 359. The highest BCUT2D eigenvalue weighted by molar-refractivity contribution is 8.13. The Morgan fingerprint density at radius 2 is 1.95 bits per heavy atom. The molecule has 0 spiro atoms. The first-order valence-electron chi connectivity index (χ1n) is 6.48. The SMILES string of the molecule is CC(=O)SCC[C@H](C)C(=O)NC(CCCC=O)C(=O)O. The first kappa shape index (κ1) is 18.6. The third-order valence-corrected chi connectivity index (χ3v) is 3.58. The van der Waals surface area contributed by atoms with Gasteiger partial charge in [-0.05, 0) is 19.3 Å². The van der Waals surface area contributed by atoms with Gasteiger partial charge in [0.05, 0.1) is 0 Å². The highest BCUT2D eigenvalue weighted by atomic mass is 32.2. The third-order valence-electron chi connectivity index (χ3n) is 2.73. The number of carbonyl (C=O) groups excluding carboxylic acids is 3. The van der Waals surface area contributed by atoms with Crippen LogP contribution in [0.4, 0.5) is 0 Å². The number of carboxylic acids is 1. The van der Waals surface area contributed by atoms with E-state index in [0.29, 0.717) is 18.6 Å². The average Bonchev–Trinajstić information content (AvgIpc) is 2.36. The Hall–Kier alpha value is -1.37. The lowest BCUT2D eigenvalue weighted by molar-refractivity contribution is -0.142. The molecule has 0 aliphatic rings. The summed E-state index contributed by atoms with van der Waals surface area (Å²) in [5.41, 5.74) is 0. The normalized spacial score (nSPS) is 13.3. The van der Waals surface area contributed by atoms with E-state index in [4.69, 9.17) is 5.11 Å². The number of unbranched alkanes of at least 4 members (excludes halogenated alkanes) is 1. The van der Waals surface area contributed by atoms with E-state index in [9.17, 15) is 19.2 Å². The standard InChI is InChI=1S/C13H21NO5S/c1-9(6-8-20-10(2)16)12(17)14-11(13(18)19)5-3-4-7-15/h7,9,11H,3-6,8H2,1-2H3,(H,14,17)(H,18,19)/t9-,11?/m0/s1. The molecule has 0 bridgehead atoms. The zero-order chi connectivity index (χ0) is 15.5. The number of amides is 1. The quantitative estimate of drug-likeness (QED) is 0.465. The highest BCUT2D eigenvalue weighted by Gasteiger charge is 2.22. The molecule has 0 aliphatic carbocycles. The molecule has 1 amide bonds. The van der Waals surface area contributed by atoms with Crippen molar-refractivity contribution in [2.75, 3.05) is 5.75 Å². The minimum Gasteiger partial charge on any atom is -0.480 e. The second kappa shape index (κ2) is 10.4. The summed E-state index contributed by atoms with van der Waals surface area (Å²) >= 11 is 1.14. The number of carboxylic acid groups (broad SMARTS) is 1. The molecule has 2 N–H and O–H groups in total. The van der Waals surface area contributed by atoms with Crippen molar-refractivity contribution in [2.24, 2.45) is 5.92 Å². The number of rotatable bonds is 10. The molecule has 0 aliphatic heterocycles. The fourth-order valence-corrected chi connectivity index (χ4v) is 2.25. The number of nitrogens with one attached hydrogen (secondary N) is 1. The first-order chi connectivity index (χ1) is 9.38. The van der Waals surface area contributed by atoms with E-state index in [-0.39, 0.29) is 29.8 Å². The molecule has 0 aromatic rings. The van der Waals surface area contributed by atoms with Gasteiger partial charge in [-0.3, -0.25) is 9.59 Å². The van der Waals surface area contributed by atoms with Gasteiger partial charge in [0.1, 0.15) is 12.3 Å². The van der Waals surface area contributed by atoms with Crippen LogP contribution in [-0.4, -0.2) is 40.2 Å². The minimum absolute atomic E-state index is 0.00474. The third kappa shape index (κ3) is 8.68. The van der Waals surface area contributed by atoms with Crippen molar-refractivity contribution in [3.8, 4) is 0 Å². The van der Waals surface area contributed by atoms with E-state index in [2.05, 4.69) is 5.32 Å². The van der Waals surface area contributed by atoms with Crippen LogP contribution in [0.15, 0.2) is 0 Å². The molecule has 114 valence electrons. The van der Waals surface area contributed by atoms with Crippen LogP contribution >= 0.6 is 11.8 Å². The predicted octanol–water partition coefficient (Wildman–Crippen LogP) is 1.23. The van der Waals surface area contributed by atoms with Crippen LogP contribution in [-0.2, 0) is 19.2 Å². The molecule has 1 unspecified atom stereocenters. The van der Waals surface area contributed by atoms with Crippen molar-refractivity contribution in [3.05, 3.63) is 0 Å². The molecule has 7 heteroatoms. The summed E-state index contributed by atoms with van der Waals surface area (Å²) in [5, 5.41) is 11.5. The van der Waals surface area contributed by atoms with Gasteiger partial charge in [-0.15, -0.1) is 0 Å². The second-order valence-electron chi connectivity index (χ2n) is 4.53. The van der Waals surface area contributed by atoms with Gasteiger partial charge in [-0.1, -0.05) is 18.7 Å². The van der Waals surface area contributed by atoms with E-state index in [1.807, 2.05) is 0 Å².